The molecule has 2 heteroatoms. The maximum absolute atomic E-state index is 6.53. The third kappa shape index (κ3) is 3.39. The van der Waals surface area contributed by atoms with Crippen LogP contribution in [-0.2, 0) is 0 Å². The predicted molar refractivity (Wildman–Crippen MR) is 87.8 cm³/mol. The van der Waals surface area contributed by atoms with Gasteiger partial charge in [-0.3, -0.25) is 4.90 Å². The lowest BCUT2D eigenvalue weighted by atomic mass is 9.67. The van der Waals surface area contributed by atoms with Crippen molar-refractivity contribution in [1.82, 2.24) is 4.90 Å². The molecule has 4 atom stereocenters. The highest BCUT2D eigenvalue weighted by Gasteiger charge is 2.40. The van der Waals surface area contributed by atoms with Gasteiger partial charge < -0.3 is 5.73 Å². The van der Waals surface area contributed by atoms with Crippen molar-refractivity contribution in [1.29, 1.82) is 0 Å². The predicted octanol–water partition coefficient (Wildman–Crippen LogP) is 4.18. The van der Waals surface area contributed by atoms with Crippen LogP contribution in [0.5, 0.6) is 0 Å². The van der Waals surface area contributed by atoms with Crippen LogP contribution in [0.2, 0.25) is 0 Å². The summed E-state index contributed by atoms with van der Waals surface area (Å²) >= 11 is 0. The number of hydrogen-bond acceptors (Lipinski definition) is 2. The zero-order valence-corrected chi connectivity index (χ0v) is 14.2. The molecule has 2 rings (SSSR count). The van der Waals surface area contributed by atoms with Gasteiger partial charge in [-0.25, -0.2) is 0 Å². The molecule has 1 saturated heterocycles. The highest BCUT2D eigenvalue weighted by atomic mass is 15.2. The Morgan fingerprint density at radius 1 is 1.10 bits per heavy atom. The molecule has 0 aromatic rings. The second-order valence-electron chi connectivity index (χ2n) is 7.88. The van der Waals surface area contributed by atoms with Gasteiger partial charge in [0.25, 0.3) is 0 Å². The molecule has 0 amide bonds. The topological polar surface area (TPSA) is 29.3 Å². The lowest BCUT2D eigenvalue weighted by Crippen LogP contribution is -2.57. The Balaban J connectivity index is 2.08. The molecule has 0 aromatic carbocycles. The second-order valence-corrected chi connectivity index (χ2v) is 7.88. The van der Waals surface area contributed by atoms with E-state index in [1.165, 1.54) is 57.9 Å². The van der Waals surface area contributed by atoms with Gasteiger partial charge in [0.1, 0.15) is 0 Å². The van der Waals surface area contributed by atoms with Gasteiger partial charge in [0.15, 0.2) is 0 Å². The first kappa shape index (κ1) is 16.3. The Bertz CT molecular complexity index is 300. The van der Waals surface area contributed by atoms with Gasteiger partial charge in [-0.2, -0.15) is 0 Å². The van der Waals surface area contributed by atoms with E-state index in [2.05, 4.69) is 32.6 Å². The maximum atomic E-state index is 6.53. The van der Waals surface area contributed by atoms with Gasteiger partial charge >= 0.3 is 0 Å². The van der Waals surface area contributed by atoms with Crippen LogP contribution in [0.15, 0.2) is 0 Å². The Morgan fingerprint density at radius 2 is 1.85 bits per heavy atom. The van der Waals surface area contributed by atoms with Crippen molar-refractivity contribution in [3.05, 3.63) is 0 Å². The van der Waals surface area contributed by atoms with E-state index in [0.29, 0.717) is 17.5 Å². The Kier molecular flexibility index (Phi) is 5.53. The molecule has 118 valence electrons. The number of nitrogens with zero attached hydrogens (tertiary/aromatic N) is 1. The highest BCUT2D eigenvalue weighted by Crippen LogP contribution is 2.42. The van der Waals surface area contributed by atoms with Crippen LogP contribution in [-0.4, -0.2) is 29.6 Å². The summed E-state index contributed by atoms with van der Waals surface area (Å²) in [4.78, 5) is 2.80. The van der Waals surface area contributed by atoms with Gasteiger partial charge in [0.2, 0.25) is 0 Å². The number of hydrogen-bond donors (Lipinski definition) is 1. The van der Waals surface area contributed by atoms with E-state index in [1.54, 1.807) is 0 Å². The molecule has 20 heavy (non-hydrogen) atoms. The molecular weight excluding hydrogens is 244 g/mol. The normalized spacial score (nSPS) is 37.0. The fourth-order valence-electron chi connectivity index (χ4n) is 4.45. The lowest BCUT2D eigenvalue weighted by molar-refractivity contribution is 0.0184. The third-order valence-corrected chi connectivity index (χ3v) is 6.46. The molecule has 2 aliphatic rings. The van der Waals surface area contributed by atoms with E-state index >= 15 is 0 Å². The Hall–Kier alpha value is -0.0800. The van der Waals surface area contributed by atoms with Crippen molar-refractivity contribution < 1.29 is 0 Å². The van der Waals surface area contributed by atoms with Gasteiger partial charge in [-0.1, -0.05) is 40.5 Å². The fourth-order valence-corrected chi connectivity index (χ4v) is 4.45. The molecule has 0 aromatic heterocycles. The van der Waals surface area contributed by atoms with Crippen LogP contribution < -0.4 is 5.73 Å². The molecule has 2 fully saturated rings. The van der Waals surface area contributed by atoms with Crippen molar-refractivity contribution in [3.8, 4) is 0 Å². The SMILES string of the molecule is CCC1CCCCN1C1CC(C(C)(C)CC)CCC1N. The molecule has 0 bridgehead atoms. The number of likely N-dealkylation sites (tertiary alicyclic amines) is 1. The second kappa shape index (κ2) is 6.79. The maximum Gasteiger partial charge on any atom is 0.0252 e. The largest absolute Gasteiger partial charge is 0.326 e. The minimum atomic E-state index is 0.408. The molecule has 1 aliphatic carbocycles. The zero-order valence-electron chi connectivity index (χ0n) is 14.2. The third-order valence-electron chi connectivity index (χ3n) is 6.46. The summed E-state index contributed by atoms with van der Waals surface area (Å²) in [6.07, 6.45) is 10.7. The summed E-state index contributed by atoms with van der Waals surface area (Å²) in [6, 6.07) is 1.85. The fraction of sp³-hybridized carbons (Fsp3) is 1.00. The van der Waals surface area contributed by atoms with Gasteiger partial charge in [-0.05, 0) is 56.4 Å². The number of piperidine rings is 1. The zero-order chi connectivity index (χ0) is 14.8. The van der Waals surface area contributed by atoms with E-state index < -0.39 is 0 Å². The van der Waals surface area contributed by atoms with Crippen molar-refractivity contribution in [2.45, 2.75) is 97.2 Å². The molecule has 0 spiro atoms. The molecule has 1 heterocycles. The molecule has 1 saturated carbocycles. The first-order valence-electron chi connectivity index (χ1n) is 9.01. The van der Waals surface area contributed by atoms with E-state index in [4.69, 9.17) is 5.73 Å². The summed E-state index contributed by atoms with van der Waals surface area (Å²) < 4.78 is 0. The summed E-state index contributed by atoms with van der Waals surface area (Å²) in [5.74, 6) is 0.858. The van der Waals surface area contributed by atoms with Crippen LogP contribution in [0.25, 0.3) is 0 Å². The van der Waals surface area contributed by atoms with Crippen LogP contribution in [0, 0.1) is 11.3 Å². The summed E-state index contributed by atoms with van der Waals surface area (Å²) in [6.45, 7) is 10.9. The average molecular weight is 280 g/mol. The van der Waals surface area contributed by atoms with Gasteiger partial charge in [-0.15, -0.1) is 0 Å². The number of rotatable bonds is 4. The molecule has 2 nitrogen and oxygen atoms in total. The molecular formula is C18H36N2. The summed E-state index contributed by atoms with van der Waals surface area (Å²) in [5.41, 5.74) is 7.01. The standard InChI is InChI=1S/C18H36N2/c1-5-15-9-7-8-12-20(15)17-13-14(10-11-16(17)19)18(3,4)6-2/h14-17H,5-13,19H2,1-4H3. The molecule has 1 aliphatic heterocycles. The first-order chi connectivity index (χ1) is 9.49. The monoisotopic (exact) mass is 280 g/mol. The highest BCUT2D eigenvalue weighted by molar-refractivity contribution is 4.96. The van der Waals surface area contributed by atoms with E-state index in [9.17, 15) is 0 Å². The first-order valence-corrected chi connectivity index (χ1v) is 9.01. The van der Waals surface area contributed by atoms with Crippen molar-refractivity contribution in [3.63, 3.8) is 0 Å². The molecule has 4 unspecified atom stereocenters. The molecule has 2 N–H and O–H groups in total. The average Bonchev–Trinajstić information content (AvgIpc) is 2.47. The number of nitrogens with two attached hydrogens (primary N) is 1. The summed E-state index contributed by atoms with van der Waals surface area (Å²) in [7, 11) is 0. The van der Waals surface area contributed by atoms with Crippen LogP contribution in [0.3, 0.4) is 0 Å². The van der Waals surface area contributed by atoms with Crippen molar-refractivity contribution in [2.75, 3.05) is 6.54 Å². The minimum absolute atomic E-state index is 0.408. The lowest BCUT2D eigenvalue weighted by Gasteiger charge is -2.49. The Labute approximate surface area is 126 Å². The molecule has 0 radical (unpaired) electrons. The van der Waals surface area contributed by atoms with Crippen LogP contribution in [0.1, 0.15) is 79.1 Å². The smallest absolute Gasteiger partial charge is 0.0252 e. The Morgan fingerprint density at radius 3 is 2.50 bits per heavy atom. The van der Waals surface area contributed by atoms with E-state index in [0.717, 1.165) is 12.0 Å². The van der Waals surface area contributed by atoms with E-state index in [1.807, 2.05) is 0 Å². The quantitative estimate of drug-likeness (QED) is 0.837. The van der Waals surface area contributed by atoms with Crippen molar-refractivity contribution >= 4 is 0 Å². The van der Waals surface area contributed by atoms with Crippen LogP contribution in [0.4, 0.5) is 0 Å². The van der Waals surface area contributed by atoms with Crippen LogP contribution >= 0.6 is 0 Å². The van der Waals surface area contributed by atoms with E-state index in [-0.39, 0.29) is 0 Å². The summed E-state index contributed by atoms with van der Waals surface area (Å²) in [5, 5.41) is 0. The minimum Gasteiger partial charge on any atom is -0.326 e. The van der Waals surface area contributed by atoms with Crippen molar-refractivity contribution in [2.24, 2.45) is 17.1 Å². The van der Waals surface area contributed by atoms with Gasteiger partial charge in [0.05, 0.1) is 0 Å². The van der Waals surface area contributed by atoms with Gasteiger partial charge in [0, 0.05) is 18.1 Å².